The van der Waals surface area contributed by atoms with Gasteiger partial charge in [-0.2, -0.15) is 0 Å². The molecule has 1 aromatic carbocycles. The highest BCUT2D eigenvalue weighted by Gasteiger charge is 2.18. The maximum absolute atomic E-state index is 11.3. The second-order valence-electron chi connectivity index (χ2n) is 3.72. The van der Waals surface area contributed by atoms with Crippen molar-refractivity contribution in [2.75, 3.05) is 14.2 Å². The first kappa shape index (κ1) is 13.9. The number of thioether (sulfide) groups is 1. The van der Waals surface area contributed by atoms with Crippen LogP contribution in [0.4, 0.5) is 0 Å². The molecule has 0 saturated carbocycles. The smallest absolute Gasteiger partial charge is 0.318 e. The van der Waals surface area contributed by atoms with E-state index in [-0.39, 0.29) is 16.5 Å². The van der Waals surface area contributed by atoms with Crippen molar-refractivity contribution in [3.8, 4) is 5.75 Å². The largest absolute Gasteiger partial charge is 0.497 e. The molecule has 0 aromatic heterocycles. The van der Waals surface area contributed by atoms with Gasteiger partial charge in [0.15, 0.2) is 0 Å². The van der Waals surface area contributed by atoms with Gasteiger partial charge in [-0.05, 0) is 31.5 Å². The van der Waals surface area contributed by atoms with E-state index >= 15 is 0 Å². The molecular formula is C13H18O3S. The summed E-state index contributed by atoms with van der Waals surface area (Å²) in [5.74, 6) is 0.644. The fourth-order valence-electron chi connectivity index (χ4n) is 1.50. The molecule has 94 valence electrons. The first-order chi connectivity index (χ1) is 8.08. The number of hydrogen-bond donors (Lipinski definition) is 0. The maximum atomic E-state index is 11.3. The van der Waals surface area contributed by atoms with Crippen LogP contribution in [-0.4, -0.2) is 25.4 Å². The number of methoxy groups -OCH3 is 2. The fraction of sp³-hybridized carbons (Fsp3) is 0.462. The monoisotopic (exact) mass is 254 g/mol. The van der Waals surface area contributed by atoms with E-state index in [1.165, 1.54) is 7.11 Å². The standard InChI is InChI=1S/C13H18O3S/c1-9(17-10(2)13(14)16-4)11-6-5-7-12(8-11)15-3/h5-10H,1-4H3/t9-,10-/m0/s1. The molecule has 0 spiro atoms. The van der Waals surface area contributed by atoms with Crippen molar-refractivity contribution in [3.63, 3.8) is 0 Å². The lowest BCUT2D eigenvalue weighted by Crippen LogP contribution is -2.15. The molecular weight excluding hydrogens is 236 g/mol. The Labute approximate surface area is 106 Å². The van der Waals surface area contributed by atoms with Gasteiger partial charge < -0.3 is 9.47 Å². The highest BCUT2D eigenvalue weighted by atomic mass is 32.2. The van der Waals surface area contributed by atoms with E-state index in [1.54, 1.807) is 18.9 Å². The predicted octanol–water partition coefficient (Wildman–Crippen LogP) is 3.05. The zero-order chi connectivity index (χ0) is 12.8. The molecule has 0 bridgehead atoms. The number of esters is 1. The van der Waals surface area contributed by atoms with Crippen LogP contribution in [0.25, 0.3) is 0 Å². The van der Waals surface area contributed by atoms with Crippen molar-refractivity contribution >= 4 is 17.7 Å². The second-order valence-corrected chi connectivity index (χ2v) is 5.41. The molecule has 1 aromatic rings. The zero-order valence-corrected chi connectivity index (χ0v) is 11.4. The Kier molecular flexibility index (Phi) is 5.35. The van der Waals surface area contributed by atoms with Crippen molar-refractivity contribution in [2.45, 2.75) is 24.3 Å². The first-order valence-corrected chi connectivity index (χ1v) is 6.40. The van der Waals surface area contributed by atoms with E-state index in [9.17, 15) is 4.79 Å². The van der Waals surface area contributed by atoms with Crippen LogP contribution in [0.2, 0.25) is 0 Å². The molecule has 3 nitrogen and oxygen atoms in total. The molecule has 0 fully saturated rings. The summed E-state index contributed by atoms with van der Waals surface area (Å²) in [4.78, 5) is 11.3. The molecule has 0 N–H and O–H groups in total. The first-order valence-electron chi connectivity index (χ1n) is 5.45. The number of ether oxygens (including phenoxy) is 2. The van der Waals surface area contributed by atoms with Crippen molar-refractivity contribution in [2.24, 2.45) is 0 Å². The topological polar surface area (TPSA) is 35.5 Å². The average molecular weight is 254 g/mol. The summed E-state index contributed by atoms with van der Waals surface area (Å²) in [5, 5.41) is 0.0559. The Hall–Kier alpha value is -1.16. The Morgan fingerprint density at radius 1 is 1.29 bits per heavy atom. The molecule has 1 rings (SSSR count). The number of carbonyl (C=O) groups excluding carboxylic acids is 1. The van der Waals surface area contributed by atoms with Gasteiger partial charge in [-0.3, -0.25) is 4.79 Å². The van der Waals surface area contributed by atoms with E-state index in [4.69, 9.17) is 9.47 Å². The lowest BCUT2D eigenvalue weighted by atomic mass is 10.1. The van der Waals surface area contributed by atoms with Gasteiger partial charge in [0.1, 0.15) is 11.0 Å². The third kappa shape index (κ3) is 3.97. The van der Waals surface area contributed by atoms with Crippen molar-refractivity contribution in [1.82, 2.24) is 0 Å². The van der Waals surface area contributed by atoms with Crippen LogP contribution in [0, 0.1) is 0 Å². The summed E-state index contributed by atoms with van der Waals surface area (Å²) in [6.07, 6.45) is 0. The summed E-state index contributed by atoms with van der Waals surface area (Å²) in [5.41, 5.74) is 1.14. The maximum Gasteiger partial charge on any atom is 0.318 e. The number of hydrogen-bond acceptors (Lipinski definition) is 4. The number of rotatable bonds is 5. The Balaban J connectivity index is 2.68. The van der Waals surface area contributed by atoms with Crippen LogP contribution in [0.1, 0.15) is 24.7 Å². The van der Waals surface area contributed by atoms with E-state index in [0.717, 1.165) is 11.3 Å². The van der Waals surface area contributed by atoms with E-state index in [2.05, 4.69) is 6.92 Å². The second kappa shape index (κ2) is 6.55. The Morgan fingerprint density at radius 2 is 2.00 bits per heavy atom. The molecule has 0 amide bonds. The predicted molar refractivity (Wildman–Crippen MR) is 70.5 cm³/mol. The SMILES string of the molecule is COC(=O)[C@H](C)S[C@@H](C)c1cccc(OC)c1. The molecule has 0 heterocycles. The van der Waals surface area contributed by atoms with Crippen LogP contribution in [-0.2, 0) is 9.53 Å². The van der Waals surface area contributed by atoms with Gasteiger partial charge >= 0.3 is 5.97 Å². The van der Waals surface area contributed by atoms with E-state index in [0.29, 0.717) is 0 Å². The number of benzene rings is 1. The summed E-state index contributed by atoms with van der Waals surface area (Å²) in [6, 6.07) is 7.88. The van der Waals surface area contributed by atoms with Crippen molar-refractivity contribution < 1.29 is 14.3 Å². The lowest BCUT2D eigenvalue weighted by molar-refractivity contribution is -0.139. The molecule has 0 aliphatic carbocycles. The fourth-order valence-corrected chi connectivity index (χ4v) is 2.62. The quantitative estimate of drug-likeness (QED) is 0.757. The van der Waals surface area contributed by atoms with Crippen LogP contribution in [0.5, 0.6) is 5.75 Å². The normalized spacial score (nSPS) is 13.9. The Morgan fingerprint density at radius 3 is 2.59 bits per heavy atom. The van der Waals surface area contributed by atoms with Crippen LogP contribution in [0.3, 0.4) is 0 Å². The summed E-state index contributed by atoms with van der Waals surface area (Å²) < 4.78 is 9.89. The minimum absolute atomic E-state index is 0.166. The lowest BCUT2D eigenvalue weighted by Gasteiger charge is -2.16. The third-order valence-corrected chi connectivity index (χ3v) is 3.79. The van der Waals surface area contributed by atoms with Crippen molar-refractivity contribution in [3.05, 3.63) is 29.8 Å². The number of carbonyl (C=O) groups is 1. The summed E-state index contributed by atoms with van der Waals surface area (Å²) in [6.45, 7) is 3.92. The molecule has 2 atom stereocenters. The summed E-state index contributed by atoms with van der Waals surface area (Å²) in [7, 11) is 3.06. The molecule has 0 radical (unpaired) electrons. The third-order valence-electron chi connectivity index (χ3n) is 2.50. The van der Waals surface area contributed by atoms with Gasteiger partial charge in [-0.15, -0.1) is 11.8 Å². The highest BCUT2D eigenvalue weighted by molar-refractivity contribution is 8.00. The Bertz CT molecular complexity index is 379. The van der Waals surface area contributed by atoms with Gasteiger partial charge in [-0.1, -0.05) is 12.1 Å². The van der Waals surface area contributed by atoms with Gasteiger partial charge in [0.05, 0.1) is 14.2 Å². The molecule has 17 heavy (non-hydrogen) atoms. The minimum atomic E-state index is -0.190. The zero-order valence-electron chi connectivity index (χ0n) is 10.6. The van der Waals surface area contributed by atoms with Gasteiger partial charge in [-0.25, -0.2) is 0 Å². The molecule has 0 aliphatic heterocycles. The van der Waals surface area contributed by atoms with Crippen LogP contribution in [0.15, 0.2) is 24.3 Å². The van der Waals surface area contributed by atoms with Gasteiger partial charge in [0.25, 0.3) is 0 Å². The summed E-state index contributed by atoms with van der Waals surface area (Å²) >= 11 is 1.57. The molecule has 0 aliphatic rings. The highest BCUT2D eigenvalue weighted by Crippen LogP contribution is 2.33. The minimum Gasteiger partial charge on any atom is -0.497 e. The average Bonchev–Trinajstić information content (AvgIpc) is 2.37. The van der Waals surface area contributed by atoms with Crippen molar-refractivity contribution in [1.29, 1.82) is 0 Å². The molecule has 0 saturated heterocycles. The van der Waals surface area contributed by atoms with Crippen LogP contribution >= 0.6 is 11.8 Å². The van der Waals surface area contributed by atoms with E-state index < -0.39 is 0 Å². The molecule has 4 heteroatoms. The van der Waals surface area contributed by atoms with Crippen LogP contribution < -0.4 is 4.74 Å². The molecule has 0 unspecified atom stereocenters. The van der Waals surface area contributed by atoms with E-state index in [1.807, 2.05) is 31.2 Å². The van der Waals surface area contributed by atoms with Gasteiger partial charge in [0, 0.05) is 5.25 Å². The van der Waals surface area contributed by atoms with Gasteiger partial charge in [0.2, 0.25) is 0 Å².